The summed E-state index contributed by atoms with van der Waals surface area (Å²) in [5.74, 6) is 0.586. The van der Waals surface area contributed by atoms with Crippen molar-refractivity contribution in [2.75, 3.05) is 26.8 Å². The fourth-order valence-electron chi connectivity index (χ4n) is 2.40. The van der Waals surface area contributed by atoms with Crippen LogP contribution in [-0.2, 0) is 4.74 Å². The van der Waals surface area contributed by atoms with Crippen LogP contribution in [0.5, 0.6) is 5.75 Å². The number of ether oxygens (including phenoxy) is 2. The molecule has 4 nitrogen and oxygen atoms in total. The first-order valence-corrected chi connectivity index (χ1v) is 7.69. The second-order valence-electron chi connectivity index (χ2n) is 4.82. The first kappa shape index (κ1) is 15.3. The number of carbonyl (C=O) groups is 1. The van der Waals surface area contributed by atoms with Crippen molar-refractivity contribution in [2.45, 2.75) is 25.9 Å². The van der Waals surface area contributed by atoms with Gasteiger partial charge in [0.05, 0.1) is 18.8 Å². The lowest BCUT2D eigenvalue weighted by Gasteiger charge is -2.24. The van der Waals surface area contributed by atoms with E-state index in [0.717, 1.165) is 23.9 Å². The monoisotopic (exact) mass is 341 g/mol. The van der Waals surface area contributed by atoms with Gasteiger partial charge in [0, 0.05) is 24.2 Å². The highest BCUT2D eigenvalue weighted by Gasteiger charge is 2.24. The highest BCUT2D eigenvalue weighted by atomic mass is 79.9. The number of rotatable bonds is 5. The number of hydrogen-bond donors (Lipinski definition) is 0. The zero-order valence-electron chi connectivity index (χ0n) is 11.9. The SMILES string of the molecule is CCN(CC1CCCO1)C(=O)c1ccc(Br)cc1OC. The maximum atomic E-state index is 12.6. The molecule has 1 unspecified atom stereocenters. The molecule has 5 heteroatoms. The molecule has 1 atom stereocenters. The number of benzene rings is 1. The van der Waals surface area contributed by atoms with E-state index in [-0.39, 0.29) is 12.0 Å². The van der Waals surface area contributed by atoms with E-state index in [1.807, 2.05) is 24.0 Å². The lowest BCUT2D eigenvalue weighted by molar-refractivity contribution is 0.0536. The molecule has 1 aromatic carbocycles. The molecule has 2 rings (SSSR count). The van der Waals surface area contributed by atoms with Crippen LogP contribution >= 0.6 is 15.9 Å². The molecular weight excluding hydrogens is 322 g/mol. The molecule has 1 heterocycles. The normalized spacial score (nSPS) is 18.1. The molecule has 1 aliphatic rings. The Labute approximate surface area is 128 Å². The van der Waals surface area contributed by atoms with Gasteiger partial charge in [-0.3, -0.25) is 4.79 Å². The van der Waals surface area contributed by atoms with Crippen molar-refractivity contribution < 1.29 is 14.3 Å². The molecule has 0 spiro atoms. The molecule has 1 amide bonds. The summed E-state index contributed by atoms with van der Waals surface area (Å²) in [5, 5.41) is 0. The van der Waals surface area contributed by atoms with E-state index in [4.69, 9.17) is 9.47 Å². The van der Waals surface area contributed by atoms with Gasteiger partial charge < -0.3 is 14.4 Å². The number of methoxy groups -OCH3 is 1. The van der Waals surface area contributed by atoms with Crippen molar-refractivity contribution in [2.24, 2.45) is 0 Å². The maximum absolute atomic E-state index is 12.6. The molecule has 0 N–H and O–H groups in total. The van der Waals surface area contributed by atoms with Gasteiger partial charge in [-0.15, -0.1) is 0 Å². The highest BCUT2D eigenvalue weighted by Crippen LogP contribution is 2.25. The molecule has 1 fully saturated rings. The number of nitrogens with zero attached hydrogens (tertiary/aromatic N) is 1. The van der Waals surface area contributed by atoms with Gasteiger partial charge in [-0.2, -0.15) is 0 Å². The Bertz CT molecular complexity index is 472. The second kappa shape index (κ2) is 7.09. The average Bonchev–Trinajstić information content (AvgIpc) is 2.96. The summed E-state index contributed by atoms with van der Waals surface area (Å²) >= 11 is 3.39. The summed E-state index contributed by atoms with van der Waals surface area (Å²) in [5.41, 5.74) is 0.593. The smallest absolute Gasteiger partial charge is 0.257 e. The van der Waals surface area contributed by atoms with Crippen molar-refractivity contribution in [3.63, 3.8) is 0 Å². The molecule has 0 radical (unpaired) electrons. The Morgan fingerprint density at radius 3 is 2.95 bits per heavy atom. The van der Waals surface area contributed by atoms with Gasteiger partial charge in [0.15, 0.2) is 0 Å². The molecule has 0 saturated carbocycles. The maximum Gasteiger partial charge on any atom is 0.257 e. The molecule has 0 aliphatic carbocycles. The molecule has 110 valence electrons. The minimum Gasteiger partial charge on any atom is -0.496 e. The van der Waals surface area contributed by atoms with Gasteiger partial charge in [-0.1, -0.05) is 15.9 Å². The quantitative estimate of drug-likeness (QED) is 0.825. The van der Waals surface area contributed by atoms with Crippen LogP contribution in [0.1, 0.15) is 30.1 Å². The second-order valence-corrected chi connectivity index (χ2v) is 5.74. The largest absolute Gasteiger partial charge is 0.496 e. The van der Waals surface area contributed by atoms with E-state index in [2.05, 4.69) is 15.9 Å². The Morgan fingerprint density at radius 1 is 1.55 bits per heavy atom. The number of halogens is 1. The topological polar surface area (TPSA) is 38.8 Å². The molecule has 1 saturated heterocycles. The van der Waals surface area contributed by atoms with Crippen molar-refractivity contribution in [1.82, 2.24) is 4.90 Å². The van der Waals surface area contributed by atoms with Crippen LogP contribution in [0, 0.1) is 0 Å². The zero-order chi connectivity index (χ0) is 14.5. The summed E-state index contributed by atoms with van der Waals surface area (Å²) < 4.78 is 11.8. The van der Waals surface area contributed by atoms with Gasteiger partial charge >= 0.3 is 0 Å². The average molecular weight is 342 g/mol. The molecule has 20 heavy (non-hydrogen) atoms. The standard InChI is InChI=1S/C15H20BrNO3/c1-3-17(10-12-5-4-8-20-12)15(18)13-7-6-11(16)9-14(13)19-2/h6-7,9,12H,3-5,8,10H2,1-2H3. The van der Waals surface area contributed by atoms with E-state index in [1.165, 1.54) is 0 Å². The fourth-order valence-corrected chi connectivity index (χ4v) is 2.74. The number of amides is 1. The minimum absolute atomic E-state index is 0.00708. The van der Waals surface area contributed by atoms with Gasteiger partial charge in [-0.05, 0) is 38.0 Å². The molecular formula is C15H20BrNO3. The van der Waals surface area contributed by atoms with E-state index in [1.54, 1.807) is 13.2 Å². The lowest BCUT2D eigenvalue weighted by Crippen LogP contribution is -2.37. The predicted octanol–water partition coefficient (Wildman–Crippen LogP) is 3.10. The van der Waals surface area contributed by atoms with Crippen LogP contribution in [-0.4, -0.2) is 43.7 Å². The third-order valence-corrected chi connectivity index (χ3v) is 4.00. The molecule has 1 aliphatic heterocycles. The number of likely N-dealkylation sites (N-methyl/N-ethyl adjacent to an activating group) is 1. The van der Waals surface area contributed by atoms with Crippen LogP contribution in [0.4, 0.5) is 0 Å². The summed E-state index contributed by atoms with van der Waals surface area (Å²) in [4.78, 5) is 14.5. The first-order chi connectivity index (χ1) is 9.65. The van der Waals surface area contributed by atoms with Crippen molar-refractivity contribution in [3.05, 3.63) is 28.2 Å². The van der Waals surface area contributed by atoms with Crippen molar-refractivity contribution >= 4 is 21.8 Å². The predicted molar refractivity (Wildman–Crippen MR) is 81.2 cm³/mol. The molecule has 1 aromatic rings. The van der Waals surface area contributed by atoms with Gasteiger partial charge in [0.2, 0.25) is 0 Å². The number of hydrogen-bond acceptors (Lipinski definition) is 3. The summed E-state index contributed by atoms with van der Waals surface area (Å²) in [6.07, 6.45) is 2.28. The molecule has 0 aromatic heterocycles. The Kier molecular flexibility index (Phi) is 5.43. The fraction of sp³-hybridized carbons (Fsp3) is 0.533. The van der Waals surface area contributed by atoms with E-state index in [9.17, 15) is 4.79 Å². The minimum atomic E-state index is -0.00708. The van der Waals surface area contributed by atoms with Gasteiger partial charge in [0.25, 0.3) is 5.91 Å². The van der Waals surface area contributed by atoms with Crippen LogP contribution in [0.2, 0.25) is 0 Å². The number of carbonyl (C=O) groups excluding carboxylic acids is 1. The van der Waals surface area contributed by atoms with Gasteiger partial charge in [0.1, 0.15) is 5.75 Å². The summed E-state index contributed by atoms with van der Waals surface area (Å²) in [6.45, 7) is 4.10. The molecule has 0 bridgehead atoms. The van der Waals surface area contributed by atoms with Gasteiger partial charge in [-0.25, -0.2) is 0 Å². The van der Waals surface area contributed by atoms with Crippen LogP contribution in [0.3, 0.4) is 0 Å². The van der Waals surface area contributed by atoms with Crippen LogP contribution in [0.15, 0.2) is 22.7 Å². The lowest BCUT2D eigenvalue weighted by atomic mass is 10.1. The zero-order valence-corrected chi connectivity index (χ0v) is 13.5. The summed E-state index contributed by atoms with van der Waals surface area (Å²) in [7, 11) is 1.58. The van der Waals surface area contributed by atoms with Crippen molar-refractivity contribution in [3.8, 4) is 5.75 Å². The highest BCUT2D eigenvalue weighted by molar-refractivity contribution is 9.10. The Balaban J connectivity index is 2.14. The summed E-state index contributed by atoms with van der Waals surface area (Å²) in [6, 6.07) is 5.46. The third-order valence-electron chi connectivity index (χ3n) is 3.51. The van der Waals surface area contributed by atoms with E-state index >= 15 is 0 Å². The first-order valence-electron chi connectivity index (χ1n) is 6.90. The van der Waals surface area contributed by atoms with Crippen LogP contribution in [0.25, 0.3) is 0 Å². The van der Waals surface area contributed by atoms with E-state index < -0.39 is 0 Å². The van der Waals surface area contributed by atoms with Crippen LogP contribution < -0.4 is 4.74 Å². The van der Waals surface area contributed by atoms with E-state index in [0.29, 0.717) is 24.4 Å². The van der Waals surface area contributed by atoms with Crippen molar-refractivity contribution in [1.29, 1.82) is 0 Å². The Hall–Kier alpha value is -1.07. The third kappa shape index (κ3) is 3.52. The Morgan fingerprint density at radius 2 is 2.35 bits per heavy atom.